The number of halogens is 4. The molecule has 2 aromatic heterocycles. The number of pyridine rings is 1. The normalized spacial score (nSPS) is 12.1. The van der Waals surface area contributed by atoms with Crippen molar-refractivity contribution >= 4 is 34.4 Å². The number of aromatic nitrogens is 3. The van der Waals surface area contributed by atoms with Crippen molar-refractivity contribution in [1.82, 2.24) is 14.8 Å². The van der Waals surface area contributed by atoms with Gasteiger partial charge in [-0.05, 0) is 48.2 Å². The number of hydrogen-bond acceptors (Lipinski definition) is 5. The summed E-state index contributed by atoms with van der Waals surface area (Å²) in [5.41, 5.74) is 7.14. The highest BCUT2D eigenvalue weighted by Gasteiger charge is 2.31. The van der Waals surface area contributed by atoms with Gasteiger partial charge in [0.05, 0.1) is 29.6 Å². The van der Waals surface area contributed by atoms with Crippen molar-refractivity contribution in [2.75, 3.05) is 7.11 Å². The monoisotopic (exact) mass is 590 g/mol. The van der Waals surface area contributed by atoms with Crippen LogP contribution in [0.5, 0.6) is 5.75 Å². The molecule has 2 heterocycles. The Labute approximate surface area is 239 Å². The van der Waals surface area contributed by atoms with Gasteiger partial charge in [0.1, 0.15) is 11.4 Å². The van der Waals surface area contributed by atoms with Gasteiger partial charge in [-0.3, -0.25) is 19.3 Å². The van der Waals surface area contributed by atoms with Gasteiger partial charge in [-0.25, -0.2) is 0 Å². The van der Waals surface area contributed by atoms with Crippen molar-refractivity contribution in [2.45, 2.75) is 45.8 Å². The quantitative estimate of drug-likeness (QED) is 0.228. The molecule has 0 spiro atoms. The number of carboxylic acid groups (broad SMARTS) is 1. The molecule has 0 fully saturated rings. The van der Waals surface area contributed by atoms with Crippen molar-refractivity contribution in [3.63, 3.8) is 0 Å². The van der Waals surface area contributed by atoms with Gasteiger partial charge < -0.3 is 15.6 Å². The lowest BCUT2D eigenvalue weighted by atomic mass is 9.98. The predicted molar refractivity (Wildman–Crippen MR) is 150 cm³/mol. The molecular formula is C29H30ClF3N4O4. The molecule has 12 heteroatoms. The second-order valence-electron chi connectivity index (χ2n) is 9.61. The number of methoxy groups -OCH3 is 1. The van der Waals surface area contributed by atoms with E-state index < -0.39 is 23.6 Å². The SMILES string of the molecule is CCC(=O)O.COc1c(-c2ccc(C(F)(F)F)cc2Cl)ccc2nn(C(CC(C)C)c3ccc(C(N)=O)nc3)cc12. The van der Waals surface area contributed by atoms with E-state index >= 15 is 0 Å². The number of ether oxygens (including phenoxy) is 1. The minimum atomic E-state index is -4.49. The van der Waals surface area contributed by atoms with Crippen LogP contribution in [0.15, 0.2) is 54.9 Å². The summed E-state index contributed by atoms with van der Waals surface area (Å²) in [4.78, 5) is 25.0. The zero-order valence-corrected chi connectivity index (χ0v) is 23.6. The van der Waals surface area contributed by atoms with Gasteiger partial charge in [0.15, 0.2) is 0 Å². The van der Waals surface area contributed by atoms with Gasteiger partial charge in [-0.1, -0.05) is 44.5 Å². The van der Waals surface area contributed by atoms with Gasteiger partial charge in [0.2, 0.25) is 0 Å². The number of fused-ring (bicyclic) bond motifs is 1. The Balaban J connectivity index is 0.000000850. The van der Waals surface area contributed by atoms with E-state index in [0.717, 1.165) is 24.1 Å². The molecule has 0 radical (unpaired) electrons. The van der Waals surface area contributed by atoms with Gasteiger partial charge >= 0.3 is 12.1 Å². The summed E-state index contributed by atoms with van der Waals surface area (Å²) in [6.45, 7) is 5.78. The van der Waals surface area contributed by atoms with E-state index in [0.29, 0.717) is 33.7 Å². The van der Waals surface area contributed by atoms with Crippen LogP contribution in [0.3, 0.4) is 0 Å². The van der Waals surface area contributed by atoms with E-state index in [9.17, 15) is 22.8 Å². The summed E-state index contributed by atoms with van der Waals surface area (Å²) < 4.78 is 46.8. The van der Waals surface area contributed by atoms with E-state index in [1.165, 1.54) is 13.2 Å². The number of nitrogens with zero attached hydrogens (tertiary/aromatic N) is 3. The highest BCUT2D eigenvalue weighted by molar-refractivity contribution is 6.33. The molecular weight excluding hydrogens is 561 g/mol. The molecule has 2 aromatic carbocycles. The van der Waals surface area contributed by atoms with Crippen molar-refractivity contribution in [3.8, 4) is 16.9 Å². The molecule has 4 rings (SSSR count). The summed E-state index contributed by atoms with van der Waals surface area (Å²) >= 11 is 6.26. The van der Waals surface area contributed by atoms with E-state index in [1.54, 1.807) is 37.4 Å². The van der Waals surface area contributed by atoms with Crippen LogP contribution in [-0.2, 0) is 11.0 Å². The molecule has 0 saturated carbocycles. The fourth-order valence-electron chi connectivity index (χ4n) is 4.18. The lowest BCUT2D eigenvalue weighted by Gasteiger charge is -2.20. The first-order chi connectivity index (χ1) is 19.3. The molecule has 8 nitrogen and oxygen atoms in total. The van der Waals surface area contributed by atoms with Crippen LogP contribution < -0.4 is 10.5 Å². The Hall–Kier alpha value is -4.12. The highest BCUT2D eigenvalue weighted by atomic mass is 35.5. The first-order valence-corrected chi connectivity index (χ1v) is 13.0. The fourth-order valence-corrected chi connectivity index (χ4v) is 4.46. The standard InChI is InChI=1S/C26H24ClF3N4O2.C3H6O2/c1-14(2)10-23(15-4-8-22(25(31)35)32-12-15)34-13-19-21(33-34)9-7-18(24(19)36-3)17-6-5-16(11-20(17)27)26(28,29)30;1-2-3(4)5/h4-9,11-14,23H,10H2,1-3H3,(H2,31,35);2H2,1H3,(H,4,5). The summed E-state index contributed by atoms with van der Waals surface area (Å²) in [6, 6.07) is 9.95. The molecule has 218 valence electrons. The number of hydrogen-bond donors (Lipinski definition) is 2. The second kappa shape index (κ2) is 13.0. The topological polar surface area (TPSA) is 120 Å². The third-order valence-corrected chi connectivity index (χ3v) is 6.50. The van der Waals surface area contributed by atoms with Gasteiger partial charge in [0, 0.05) is 35.0 Å². The van der Waals surface area contributed by atoms with E-state index in [4.69, 9.17) is 32.3 Å². The summed E-state index contributed by atoms with van der Waals surface area (Å²) in [6.07, 6.45) is -0.0758. The maximum Gasteiger partial charge on any atom is 0.416 e. The van der Waals surface area contributed by atoms with Crippen LogP contribution in [0.2, 0.25) is 5.02 Å². The molecule has 0 saturated heterocycles. The Kier molecular flexibility index (Phi) is 9.98. The zero-order chi connectivity index (χ0) is 30.5. The number of nitrogens with two attached hydrogens (primary N) is 1. The van der Waals surface area contributed by atoms with Crippen LogP contribution in [0.1, 0.15) is 61.3 Å². The second-order valence-corrected chi connectivity index (χ2v) is 10.0. The van der Waals surface area contributed by atoms with E-state index in [1.807, 2.05) is 10.9 Å². The molecule has 4 aromatic rings. The molecule has 0 bridgehead atoms. The first-order valence-electron chi connectivity index (χ1n) is 12.7. The number of carbonyl (C=O) groups is 2. The molecule has 0 aliphatic carbocycles. The van der Waals surface area contributed by atoms with Crippen LogP contribution >= 0.6 is 11.6 Å². The van der Waals surface area contributed by atoms with Crippen molar-refractivity contribution in [1.29, 1.82) is 0 Å². The molecule has 0 aliphatic rings. The lowest BCUT2D eigenvalue weighted by Crippen LogP contribution is -2.16. The summed E-state index contributed by atoms with van der Waals surface area (Å²) in [7, 11) is 1.49. The number of carboxylic acids is 1. The Bertz CT molecular complexity index is 1540. The van der Waals surface area contributed by atoms with Crippen molar-refractivity contribution in [3.05, 3.63) is 76.7 Å². The summed E-state index contributed by atoms with van der Waals surface area (Å²) in [5, 5.41) is 13.1. The number of alkyl halides is 3. The van der Waals surface area contributed by atoms with Crippen molar-refractivity contribution in [2.24, 2.45) is 11.7 Å². The van der Waals surface area contributed by atoms with Crippen LogP contribution in [0.25, 0.3) is 22.0 Å². The maximum atomic E-state index is 13.1. The molecule has 41 heavy (non-hydrogen) atoms. The van der Waals surface area contributed by atoms with Gasteiger partial charge in [-0.2, -0.15) is 18.3 Å². The number of aliphatic carboxylic acids is 1. The number of primary amides is 1. The van der Waals surface area contributed by atoms with E-state index in [-0.39, 0.29) is 23.2 Å². The van der Waals surface area contributed by atoms with Crippen LogP contribution in [-0.4, -0.2) is 38.9 Å². The molecule has 1 atom stereocenters. The predicted octanol–water partition coefficient (Wildman–Crippen LogP) is 6.99. The van der Waals surface area contributed by atoms with Crippen molar-refractivity contribution < 1.29 is 32.6 Å². The number of amides is 1. The third kappa shape index (κ3) is 7.55. The molecule has 3 N–H and O–H groups in total. The average Bonchev–Trinajstić information content (AvgIpc) is 3.35. The van der Waals surface area contributed by atoms with Crippen LogP contribution in [0.4, 0.5) is 13.2 Å². The van der Waals surface area contributed by atoms with Gasteiger partial charge in [-0.15, -0.1) is 0 Å². The third-order valence-electron chi connectivity index (χ3n) is 6.19. The van der Waals surface area contributed by atoms with E-state index in [2.05, 4.69) is 18.8 Å². The van der Waals surface area contributed by atoms with Crippen LogP contribution in [0, 0.1) is 5.92 Å². The number of rotatable bonds is 8. The lowest BCUT2D eigenvalue weighted by molar-refractivity contribution is -0.138. The first kappa shape index (κ1) is 31.4. The Morgan fingerprint density at radius 3 is 2.27 bits per heavy atom. The Morgan fingerprint density at radius 1 is 1.12 bits per heavy atom. The number of benzene rings is 2. The number of carbonyl (C=O) groups excluding carboxylic acids is 1. The minimum Gasteiger partial charge on any atom is -0.495 e. The summed E-state index contributed by atoms with van der Waals surface area (Å²) in [5.74, 6) is -0.580. The Morgan fingerprint density at radius 2 is 1.78 bits per heavy atom. The molecule has 1 unspecified atom stereocenters. The zero-order valence-electron chi connectivity index (χ0n) is 22.9. The largest absolute Gasteiger partial charge is 0.495 e. The maximum absolute atomic E-state index is 13.1. The average molecular weight is 591 g/mol. The van der Waals surface area contributed by atoms with Gasteiger partial charge in [0.25, 0.3) is 5.91 Å². The molecule has 0 aliphatic heterocycles. The fraction of sp³-hybridized carbons (Fsp3) is 0.310. The smallest absolute Gasteiger partial charge is 0.416 e. The highest BCUT2D eigenvalue weighted by Crippen LogP contribution is 2.42. The minimum absolute atomic E-state index is 0.0341. The molecule has 1 amide bonds.